The lowest BCUT2D eigenvalue weighted by Gasteiger charge is -2.15. The molecule has 0 atom stereocenters. The van der Waals surface area contributed by atoms with E-state index in [1.807, 2.05) is 19.9 Å². The van der Waals surface area contributed by atoms with Gasteiger partial charge in [-0.25, -0.2) is 4.79 Å². The largest absolute Gasteiger partial charge is 0.507 e. The van der Waals surface area contributed by atoms with Crippen molar-refractivity contribution in [2.24, 2.45) is 5.92 Å². The highest BCUT2D eigenvalue weighted by Crippen LogP contribution is 2.42. The van der Waals surface area contributed by atoms with Gasteiger partial charge >= 0.3 is 5.97 Å². The summed E-state index contributed by atoms with van der Waals surface area (Å²) in [5.41, 5.74) is 3.34. The summed E-state index contributed by atoms with van der Waals surface area (Å²) in [7, 11) is 1.55. The Morgan fingerprint density at radius 3 is 2.71 bits per heavy atom. The van der Waals surface area contributed by atoms with Crippen LogP contribution >= 0.6 is 0 Å². The molecule has 0 saturated carbocycles. The van der Waals surface area contributed by atoms with Crippen LogP contribution in [0, 0.1) is 12.8 Å². The molecule has 0 radical (unpaired) electrons. The maximum atomic E-state index is 12.0. The molecule has 0 fully saturated rings. The Morgan fingerprint density at radius 1 is 1.36 bits per heavy atom. The molecular formula is C22H31NO5. The molecule has 6 heteroatoms. The number of fused-ring (bicyclic) bond motifs is 1. The van der Waals surface area contributed by atoms with E-state index in [9.17, 15) is 14.7 Å². The maximum absolute atomic E-state index is 12.0. The number of phenolic OH excluding ortho intramolecular Hbond substituents is 1. The van der Waals surface area contributed by atoms with Gasteiger partial charge in [-0.05, 0) is 44.6 Å². The fourth-order valence-electron chi connectivity index (χ4n) is 3.31. The molecule has 0 aromatic heterocycles. The second-order valence-electron chi connectivity index (χ2n) is 7.70. The number of nitrogens with one attached hydrogen (secondary N) is 1. The second-order valence-corrected chi connectivity index (χ2v) is 7.70. The molecule has 1 aliphatic heterocycles. The molecule has 2 rings (SSSR count). The summed E-state index contributed by atoms with van der Waals surface area (Å²) in [4.78, 5) is 23.9. The highest BCUT2D eigenvalue weighted by atomic mass is 16.5. The summed E-state index contributed by atoms with van der Waals surface area (Å²) < 4.78 is 10.6. The summed E-state index contributed by atoms with van der Waals surface area (Å²) in [6.45, 7) is 8.94. The van der Waals surface area contributed by atoms with E-state index in [-0.39, 0.29) is 23.8 Å². The Hall–Kier alpha value is -2.50. The lowest BCUT2D eigenvalue weighted by atomic mass is 9.94. The zero-order valence-corrected chi connectivity index (χ0v) is 17.5. The van der Waals surface area contributed by atoms with Crippen molar-refractivity contribution in [1.82, 2.24) is 5.32 Å². The van der Waals surface area contributed by atoms with E-state index in [2.05, 4.69) is 19.2 Å². The van der Waals surface area contributed by atoms with E-state index in [4.69, 9.17) is 9.47 Å². The average Bonchev–Trinajstić information content (AvgIpc) is 3.03. The van der Waals surface area contributed by atoms with Gasteiger partial charge < -0.3 is 19.9 Å². The number of methoxy groups -OCH3 is 1. The van der Waals surface area contributed by atoms with Crippen LogP contribution in [0.15, 0.2) is 11.6 Å². The van der Waals surface area contributed by atoms with Crippen molar-refractivity contribution in [2.45, 2.75) is 60.0 Å². The van der Waals surface area contributed by atoms with E-state index >= 15 is 0 Å². The molecule has 1 aliphatic rings. The van der Waals surface area contributed by atoms with Crippen molar-refractivity contribution in [3.63, 3.8) is 0 Å². The van der Waals surface area contributed by atoms with Crippen LogP contribution < -0.4 is 10.1 Å². The van der Waals surface area contributed by atoms with Crippen molar-refractivity contribution in [2.75, 3.05) is 13.7 Å². The Morgan fingerprint density at radius 2 is 2.07 bits per heavy atom. The van der Waals surface area contributed by atoms with Gasteiger partial charge in [0.1, 0.15) is 23.7 Å². The van der Waals surface area contributed by atoms with Gasteiger partial charge in [0.15, 0.2) is 0 Å². The lowest BCUT2D eigenvalue weighted by Crippen LogP contribution is -2.24. The Kier molecular flexibility index (Phi) is 7.49. The molecule has 0 spiro atoms. The minimum atomic E-state index is -0.502. The van der Waals surface area contributed by atoms with Crippen LogP contribution in [0.2, 0.25) is 0 Å². The monoisotopic (exact) mass is 389 g/mol. The van der Waals surface area contributed by atoms with Crippen LogP contribution in [0.25, 0.3) is 0 Å². The van der Waals surface area contributed by atoms with Gasteiger partial charge in [-0.2, -0.15) is 0 Å². The molecule has 0 saturated heterocycles. The van der Waals surface area contributed by atoms with Gasteiger partial charge in [-0.15, -0.1) is 0 Å². The summed E-state index contributed by atoms with van der Waals surface area (Å²) in [6, 6.07) is 0. The second kappa shape index (κ2) is 9.62. The summed E-state index contributed by atoms with van der Waals surface area (Å²) in [5, 5.41) is 13.5. The first-order valence-electron chi connectivity index (χ1n) is 9.76. The van der Waals surface area contributed by atoms with Crippen LogP contribution in [-0.2, 0) is 22.6 Å². The number of phenols is 1. The molecule has 0 aliphatic carbocycles. The molecule has 1 heterocycles. The van der Waals surface area contributed by atoms with Gasteiger partial charge in [0, 0.05) is 24.1 Å². The van der Waals surface area contributed by atoms with Gasteiger partial charge in [0.05, 0.1) is 7.11 Å². The van der Waals surface area contributed by atoms with Crippen LogP contribution in [-0.4, -0.2) is 30.6 Å². The van der Waals surface area contributed by atoms with E-state index in [0.717, 1.165) is 17.6 Å². The number of rotatable bonds is 9. The highest BCUT2D eigenvalue weighted by molar-refractivity contribution is 5.98. The van der Waals surface area contributed by atoms with Gasteiger partial charge in [0.2, 0.25) is 5.91 Å². The van der Waals surface area contributed by atoms with Crippen molar-refractivity contribution in [3.8, 4) is 11.5 Å². The third kappa shape index (κ3) is 5.06. The number of esters is 1. The molecule has 154 valence electrons. The number of hydrogen-bond donors (Lipinski definition) is 2. The summed E-state index contributed by atoms with van der Waals surface area (Å²) >= 11 is 0. The Bertz CT molecular complexity index is 780. The number of cyclic esters (lactones) is 1. The Labute approximate surface area is 166 Å². The quantitative estimate of drug-likeness (QED) is 0.495. The zero-order chi connectivity index (χ0) is 20.8. The summed E-state index contributed by atoms with van der Waals surface area (Å²) in [6.07, 6.45) is 4.42. The zero-order valence-electron chi connectivity index (χ0n) is 17.5. The molecule has 1 aromatic carbocycles. The lowest BCUT2D eigenvalue weighted by molar-refractivity contribution is -0.121. The van der Waals surface area contributed by atoms with Crippen LogP contribution in [0.3, 0.4) is 0 Å². The van der Waals surface area contributed by atoms with E-state index in [0.29, 0.717) is 48.6 Å². The fourth-order valence-corrected chi connectivity index (χ4v) is 3.31. The number of hydrogen-bond acceptors (Lipinski definition) is 5. The smallest absolute Gasteiger partial charge is 0.342 e. The molecule has 0 bridgehead atoms. The molecule has 1 amide bonds. The van der Waals surface area contributed by atoms with Gasteiger partial charge in [-0.1, -0.05) is 25.5 Å². The molecular weight excluding hydrogens is 358 g/mol. The number of amides is 1. The van der Waals surface area contributed by atoms with Gasteiger partial charge in [-0.3, -0.25) is 4.79 Å². The highest BCUT2D eigenvalue weighted by Gasteiger charge is 2.31. The van der Waals surface area contributed by atoms with E-state index in [1.54, 1.807) is 7.11 Å². The Balaban J connectivity index is 2.05. The van der Waals surface area contributed by atoms with Crippen LogP contribution in [0.1, 0.15) is 67.1 Å². The molecule has 0 unspecified atom stereocenters. The third-order valence-corrected chi connectivity index (χ3v) is 5.09. The van der Waals surface area contributed by atoms with Crippen molar-refractivity contribution >= 4 is 11.9 Å². The molecule has 2 N–H and O–H groups in total. The SMILES string of the molecule is COc1c(C)c2c(c(O)c1C/C=C(\C)CCC(=O)NCCC(C)C)C(=O)OC2. The first-order chi connectivity index (χ1) is 13.3. The average molecular weight is 389 g/mol. The predicted molar refractivity (Wildman–Crippen MR) is 108 cm³/mol. The molecule has 6 nitrogen and oxygen atoms in total. The van der Waals surface area contributed by atoms with Crippen LogP contribution in [0.5, 0.6) is 11.5 Å². The maximum Gasteiger partial charge on any atom is 0.342 e. The van der Waals surface area contributed by atoms with E-state index in [1.165, 1.54) is 0 Å². The molecule has 28 heavy (non-hydrogen) atoms. The topological polar surface area (TPSA) is 84.9 Å². The predicted octanol–water partition coefficient (Wildman–Crippen LogP) is 3.81. The van der Waals surface area contributed by atoms with E-state index < -0.39 is 5.97 Å². The number of benzene rings is 1. The number of carbonyl (C=O) groups is 2. The number of carbonyl (C=O) groups excluding carboxylic acids is 2. The fraction of sp³-hybridized carbons (Fsp3) is 0.545. The number of allylic oxidation sites excluding steroid dienone is 2. The minimum absolute atomic E-state index is 0.0462. The normalized spacial score (nSPS) is 13.5. The number of ether oxygens (including phenoxy) is 2. The minimum Gasteiger partial charge on any atom is -0.507 e. The summed E-state index contributed by atoms with van der Waals surface area (Å²) in [5.74, 6) is 0.612. The molecule has 1 aromatic rings. The van der Waals surface area contributed by atoms with Crippen molar-refractivity contribution in [1.29, 1.82) is 0 Å². The van der Waals surface area contributed by atoms with Crippen molar-refractivity contribution < 1.29 is 24.2 Å². The number of aromatic hydroxyl groups is 1. The van der Waals surface area contributed by atoms with Crippen molar-refractivity contribution in [3.05, 3.63) is 33.9 Å². The van der Waals surface area contributed by atoms with Crippen LogP contribution in [0.4, 0.5) is 0 Å². The first kappa shape index (κ1) is 21.8. The third-order valence-electron chi connectivity index (χ3n) is 5.09. The standard InChI is InChI=1S/C22H31NO5/c1-13(2)10-11-23-18(24)9-7-14(3)6-8-16-20(25)19-17(12-28-22(19)26)15(4)21(16)27-5/h6,13,25H,7-12H2,1-5H3,(H,23,24)/b14-6+. The first-order valence-corrected chi connectivity index (χ1v) is 9.76. The van der Waals surface area contributed by atoms with Gasteiger partial charge in [0.25, 0.3) is 0 Å².